The second kappa shape index (κ2) is 7.82. The lowest BCUT2D eigenvalue weighted by Crippen LogP contribution is -2.39. The lowest BCUT2D eigenvalue weighted by atomic mass is 10.0. The van der Waals surface area contributed by atoms with Crippen LogP contribution in [0.4, 0.5) is 5.69 Å². The molecule has 1 amide bonds. The summed E-state index contributed by atoms with van der Waals surface area (Å²) in [4.78, 5) is 14.6. The van der Waals surface area contributed by atoms with Gasteiger partial charge in [-0.3, -0.25) is 9.69 Å². The number of rotatable bonds is 5. The van der Waals surface area contributed by atoms with Gasteiger partial charge in [0.15, 0.2) is 0 Å². The van der Waals surface area contributed by atoms with Crippen LogP contribution in [0.5, 0.6) is 0 Å². The third kappa shape index (κ3) is 4.59. The third-order valence-electron chi connectivity index (χ3n) is 4.29. The van der Waals surface area contributed by atoms with Crippen molar-refractivity contribution in [1.82, 2.24) is 4.90 Å². The van der Waals surface area contributed by atoms with Crippen molar-refractivity contribution in [1.29, 1.82) is 0 Å². The molecule has 24 heavy (non-hydrogen) atoms. The van der Waals surface area contributed by atoms with Crippen LogP contribution < -0.4 is 5.32 Å². The van der Waals surface area contributed by atoms with Gasteiger partial charge < -0.3 is 5.32 Å². The molecule has 0 saturated heterocycles. The second-order valence-corrected chi connectivity index (χ2v) is 6.92. The molecular weight excluding hydrogens is 320 g/mol. The number of aryl methyl sites for hydroxylation is 3. The predicted octanol–water partition coefficient (Wildman–Crippen LogP) is 4.72. The SMILES string of the molecule is Cc1cc(C)c(NC(=O)[C@H](C)N(C)Cc2cccc(Cl)c2)c(C)c1. The van der Waals surface area contributed by atoms with Gasteiger partial charge in [-0.05, 0) is 63.6 Å². The molecule has 0 bridgehead atoms. The van der Waals surface area contributed by atoms with Crippen LogP contribution in [0.2, 0.25) is 5.02 Å². The smallest absolute Gasteiger partial charge is 0.241 e. The van der Waals surface area contributed by atoms with Crippen molar-refractivity contribution in [2.45, 2.75) is 40.3 Å². The van der Waals surface area contributed by atoms with Gasteiger partial charge in [0.2, 0.25) is 5.91 Å². The van der Waals surface area contributed by atoms with E-state index in [0.717, 1.165) is 22.4 Å². The van der Waals surface area contributed by atoms with E-state index in [2.05, 4.69) is 24.4 Å². The summed E-state index contributed by atoms with van der Waals surface area (Å²) in [5.41, 5.74) is 5.38. The molecular formula is C20H25ClN2O. The Morgan fingerprint density at radius 1 is 1.17 bits per heavy atom. The number of anilines is 1. The zero-order valence-electron chi connectivity index (χ0n) is 15.0. The number of halogens is 1. The number of nitrogens with one attached hydrogen (secondary N) is 1. The Morgan fingerprint density at radius 2 is 1.79 bits per heavy atom. The minimum Gasteiger partial charge on any atom is -0.324 e. The molecule has 0 spiro atoms. The summed E-state index contributed by atoms with van der Waals surface area (Å²) >= 11 is 6.03. The molecule has 0 fully saturated rings. The van der Waals surface area contributed by atoms with Crippen LogP contribution in [-0.2, 0) is 11.3 Å². The molecule has 1 atom stereocenters. The number of nitrogens with zero attached hydrogens (tertiary/aromatic N) is 1. The normalized spacial score (nSPS) is 12.3. The molecule has 2 aromatic carbocycles. The Kier molecular flexibility index (Phi) is 6.03. The highest BCUT2D eigenvalue weighted by Crippen LogP contribution is 2.22. The standard InChI is InChI=1S/C20H25ClN2O/c1-13-9-14(2)19(15(3)10-13)22-20(24)16(4)23(5)12-17-7-6-8-18(21)11-17/h6-11,16H,12H2,1-5H3,(H,22,24)/t16-/m0/s1. The Bertz CT molecular complexity index is 719. The number of amides is 1. The number of hydrogen-bond donors (Lipinski definition) is 1. The van der Waals surface area contributed by atoms with Crippen molar-refractivity contribution in [2.75, 3.05) is 12.4 Å². The van der Waals surface area contributed by atoms with Crippen molar-refractivity contribution < 1.29 is 4.79 Å². The molecule has 0 aliphatic carbocycles. The molecule has 1 N–H and O–H groups in total. The Labute approximate surface area is 149 Å². The number of benzene rings is 2. The quantitative estimate of drug-likeness (QED) is 0.850. The average Bonchev–Trinajstić information content (AvgIpc) is 2.49. The largest absolute Gasteiger partial charge is 0.324 e. The van der Waals surface area contributed by atoms with Gasteiger partial charge in [0.05, 0.1) is 6.04 Å². The maximum absolute atomic E-state index is 12.6. The highest BCUT2D eigenvalue weighted by atomic mass is 35.5. The first kappa shape index (κ1) is 18.5. The monoisotopic (exact) mass is 344 g/mol. The van der Waals surface area contributed by atoms with Crippen molar-refractivity contribution in [3.63, 3.8) is 0 Å². The van der Waals surface area contributed by atoms with Crippen molar-refractivity contribution in [3.05, 3.63) is 63.7 Å². The molecule has 2 aromatic rings. The third-order valence-corrected chi connectivity index (χ3v) is 4.52. The Morgan fingerprint density at radius 3 is 2.38 bits per heavy atom. The molecule has 0 unspecified atom stereocenters. The molecule has 0 saturated carbocycles. The highest BCUT2D eigenvalue weighted by molar-refractivity contribution is 6.30. The van der Waals surface area contributed by atoms with Crippen LogP contribution in [0.3, 0.4) is 0 Å². The van der Waals surface area contributed by atoms with Crippen molar-refractivity contribution >= 4 is 23.2 Å². The van der Waals surface area contributed by atoms with E-state index in [1.54, 1.807) is 0 Å². The summed E-state index contributed by atoms with van der Waals surface area (Å²) in [6.45, 7) is 8.69. The number of likely N-dealkylation sites (N-methyl/N-ethyl adjacent to an activating group) is 1. The average molecular weight is 345 g/mol. The fraction of sp³-hybridized carbons (Fsp3) is 0.350. The van der Waals surface area contributed by atoms with Gasteiger partial charge in [0, 0.05) is 17.3 Å². The van der Waals surface area contributed by atoms with Gasteiger partial charge in [0.25, 0.3) is 0 Å². The predicted molar refractivity (Wildman–Crippen MR) is 102 cm³/mol. The van der Waals surface area contributed by atoms with E-state index in [4.69, 9.17) is 11.6 Å². The first-order valence-corrected chi connectivity index (χ1v) is 8.49. The maximum Gasteiger partial charge on any atom is 0.241 e. The molecule has 0 heterocycles. The van der Waals surface area contributed by atoms with Gasteiger partial charge in [-0.1, -0.05) is 41.4 Å². The second-order valence-electron chi connectivity index (χ2n) is 6.48. The molecule has 3 nitrogen and oxygen atoms in total. The van der Waals surface area contributed by atoms with Crippen molar-refractivity contribution in [2.24, 2.45) is 0 Å². The Balaban J connectivity index is 2.06. The van der Waals surface area contributed by atoms with E-state index in [0.29, 0.717) is 11.6 Å². The summed E-state index contributed by atoms with van der Waals surface area (Å²) in [7, 11) is 1.94. The molecule has 0 radical (unpaired) electrons. The van der Waals surface area contributed by atoms with Gasteiger partial charge in [-0.15, -0.1) is 0 Å². The summed E-state index contributed by atoms with van der Waals surface area (Å²) < 4.78 is 0. The fourth-order valence-corrected chi connectivity index (χ4v) is 3.08. The number of carbonyl (C=O) groups is 1. The maximum atomic E-state index is 12.6. The highest BCUT2D eigenvalue weighted by Gasteiger charge is 2.19. The van der Waals surface area contributed by atoms with Crippen LogP contribution >= 0.6 is 11.6 Å². The first-order chi connectivity index (χ1) is 11.3. The van der Waals surface area contributed by atoms with E-state index < -0.39 is 0 Å². The number of carbonyl (C=O) groups excluding carboxylic acids is 1. The molecule has 0 aliphatic rings. The molecule has 0 aromatic heterocycles. The molecule has 2 rings (SSSR count). The van der Waals surface area contributed by atoms with Crippen molar-refractivity contribution in [3.8, 4) is 0 Å². The van der Waals surface area contributed by atoms with Crippen LogP contribution in [0.1, 0.15) is 29.2 Å². The van der Waals surface area contributed by atoms with E-state index in [-0.39, 0.29) is 11.9 Å². The van der Waals surface area contributed by atoms with Crippen LogP contribution in [0.25, 0.3) is 0 Å². The summed E-state index contributed by atoms with van der Waals surface area (Å²) in [6.07, 6.45) is 0. The zero-order valence-corrected chi connectivity index (χ0v) is 15.7. The summed E-state index contributed by atoms with van der Waals surface area (Å²) in [5, 5.41) is 3.79. The zero-order chi connectivity index (χ0) is 17.9. The van der Waals surface area contributed by atoms with E-state index in [1.807, 2.05) is 57.0 Å². The molecule has 128 valence electrons. The van der Waals surface area contributed by atoms with E-state index in [9.17, 15) is 4.79 Å². The van der Waals surface area contributed by atoms with E-state index >= 15 is 0 Å². The van der Waals surface area contributed by atoms with Gasteiger partial charge in [0.1, 0.15) is 0 Å². The van der Waals surface area contributed by atoms with E-state index in [1.165, 1.54) is 5.56 Å². The van der Waals surface area contributed by atoms with Crippen LogP contribution in [0, 0.1) is 20.8 Å². The minimum atomic E-state index is -0.246. The molecule has 0 aliphatic heterocycles. The fourth-order valence-electron chi connectivity index (χ4n) is 2.87. The lowest BCUT2D eigenvalue weighted by molar-refractivity contribution is -0.120. The molecule has 4 heteroatoms. The van der Waals surface area contributed by atoms with Crippen LogP contribution in [0.15, 0.2) is 36.4 Å². The van der Waals surface area contributed by atoms with Gasteiger partial charge in [-0.2, -0.15) is 0 Å². The Hall–Kier alpha value is -1.84. The minimum absolute atomic E-state index is 0.00502. The van der Waals surface area contributed by atoms with Gasteiger partial charge in [-0.25, -0.2) is 0 Å². The topological polar surface area (TPSA) is 32.3 Å². The summed E-state index contributed by atoms with van der Waals surface area (Å²) in [5.74, 6) is -0.00502. The number of hydrogen-bond acceptors (Lipinski definition) is 2. The lowest BCUT2D eigenvalue weighted by Gasteiger charge is -2.25. The van der Waals surface area contributed by atoms with Gasteiger partial charge >= 0.3 is 0 Å². The summed E-state index contributed by atoms with van der Waals surface area (Å²) in [6, 6.07) is 11.6. The van der Waals surface area contributed by atoms with Crippen LogP contribution in [-0.4, -0.2) is 23.9 Å². The first-order valence-electron chi connectivity index (χ1n) is 8.11.